The molecule has 6 heteroatoms. The van der Waals surface area contributed by atoms with Gasteiger partial charge in [-0.1, -0.05) is 19.6 Å². The number of rotatable bonds is 7. The lowest BCUT2D eigenvalue weighted by Crippen LogP contribution is -2.22. The summed E-state index contributed by atoms with van der Waals surface area (Å²) in [6.07, 6.45) is 0. The Bertz CT molecular complexity index is 607. The first-order chi connectivity index (χ1) is 9.90. The Kier molecular flexibility index (Phi) is 5.81. The molecule has 0 amide bonds. The van der Waals surface area contributed by atoms with E-state index in [9.17, 15) is 0 Å². The van der Waals surface area contributed by atoms with E-state index in [4.69, 9.17) is 9.47 Å². The third-order valence-corrected chi connectivity index (χ3v) is 5.66. The maximum absolute atomic E-state index is 5.83. The first-order valence-corrected chi connectivity index (χ1v) is 11.9. The highest BCUT2D eigenvalue weighted by Gasteiger charge is 2.13. The van der Waals surface area contributed by atoms with Crippen LogP contribution in [0, 0.1) is 3.57 Å². The second kappa shape index (κ2) is 7.21. The molecule has 0 radical (unpaired) electrons. The van der Waals surface area contributed by atoms with Gasteiger partial charge in [0.15, 0.2) is 0 Å². The van der Waals surface area contributed by atoms with Crippen LogP contribution in [0.25, 0.3) is 10.9 Å². The van der Waals surface area contributed by atoms with Crippen molar-refractivity contribution in [1.29, 1.82) is 0 Å². The van der Waals surface area contributed by atoms with E-state index in [-0.39, 0.29) is 0 Å². The van der Waals surface area contributed by atoms with Crippen LogP contribution in [0.5, 0.6) is 0 Å². The summed E-state index contributed by atoms with van der Waals surface area (Å²) in [5, 5.41) is 5.77. The molecule has 1 aromatic carbocycles. The minimum atomic E-state index is -1.04. The molecule has 0 bridgehead atoms. The first-order valence-electron chi connectivity index (χ1n) is 7.12. The van der Waals surface area contributed by atoms with Crippen LogP contribution in [0.1, 0.15) is 5.69 Å². The molecule has 0 aliphatic rings. The fourth-order valence-electron chi connectivity index (χ4n) is 2.09. The molecule has 0 fully saturated rings. The van der Waals surface area contributed by atoms with Crippen molar-refractivity contribution in [2.24, 2.45) is 0 Å². The van der Waals surface area contributed by atoms with Crippen molar-refractivity contribution in [1.82, 2.24) is 9.78 Å². The number of fused-ring (bicyclic) bond motifs is 1. The fraction of sp³-hybridized carbons (Fsp3) is 0.533. The molecular formula is C15H23IN2O2Si. The van der Waals surface area contributed by atoms with Gasteiger partial charge in [-0.2, -0.15) is 5.10 Å². The van der Waals surface area contributed by atoms with E-state index < -0.39 is 8.07 Å². The summed E-state index contributed by atoms with van der Waals surface area (Å²) in [6.45, 7) is 8.92. The van der Waals surface area contributed by atoms with E-state index in [0.717, 1.165) is 23.2 Å². The maximum atomic E-state index is 5.83. The van der Waals surface area contributed by atoms with Crippen LogP contribution in [-0.2, 0) is 22.8 Å². The molecule has 1 heterocycles. The van der Waals surface area contributed by atoms with E-state index >= 15 is 0 Å². The summed E-state index contributed by atoms with van der Waals surface area (Å²) in [5.41, 5.74) is 2.08. The molecule has 116 valence electrons. The van der Waals surface area contributed by atoms with Gasteiger partial charge in [-0.05, 0) is 46.8 Å². The summed E-state index contributed by atoms with van der Waals surface area (Å²) in [4.78, 5) is 0. The smallest absolute Gasteiger partial charge is 0.140 e. The molecule has 0 saturated heterocycles. The number of ether oxygens (including phenoxy) is 2. The minimum Gasteiger partial charge on any atom is -0.378 e. The van der Waals surface area contributed by atoms with Crippen LogP contribution in [0.15, 0.2) is 18.2 Å². The predicted molar refractivity (Wildman–Crippen MR) is 97.3 cm³/mol. The second-order valence-electron chi connectivity index (χ2n) is 6.39. The van der Waals surface area contributed by atoms with E-state index in [2.05, 4.69) is 65.5 Å². The lowest BCUT2D eigenvalue weighted by molar-refractivity contribution is 0.0804. The molecular weight excluding hydrogens is 395 g/mol. The summed E-state index contributed by atoms with van der Waals surface area (Å²) in [5.74, 6) is 0. The van der Waals surface area contributed by atoms with Crippen LogP contribution in [0.3, 0.4) is 0 Å². The van der Waals surface area contributed by atoms with Gasteiger partial charge >= 0.3 is 0 Å². The van der Waals surface area contributed by atoms with Crippen LogP contribution < -0.4 is 0 Å². The van der Waals surface area contributed by atoms with Crippen molar-refractivity contribution in [2.45, 2.75) is 39.0 Å². The minimum absolute atomic E-state index is 0.505. The van der Waals surface area contributed by atoms with Gasteiger partial charge in [0.25, 0.3) is 0 Å². The summed E-state index contributed by atoms with van der Waals surface area (Å²) >= 11 is 2.32. The van der Waals surface area contributed by atoms with Crippen LogP contribution >= 0.6 is 22.6 Å². The Hall–Kier alpha value is -0.443. The van der Waals surface area contributed by atoms with Crippen LogP contribution in [0.4, 0.5) is 0 Å². The molecule has 0 aliphatic carbocycles. The van der Waals surface area contributed by atoms with E-state index in [1.54, 1.807) is 7.11 Å². The van der Waals surface area contributed by atoms with Gasteiger partial charge in [-0.15, -0.1) is 0 Å². The molecule has 2 rings (SSSR count). The quantitative estimate of drug-likeness (QED) is 0.386. The predicted octanol–water partition coefficient (Wildman–Crippen LogP) is 4.10. The van der Waals surface area contributed by atoms with Gasteiger partial charge in [0.2, 0.25) is 0 Å². The lowest BCUT2D eigenvalue weighted by Gasteiger charge is -2.15. The molecule has 0 aliphatic heterocycles. The number of halogens is 1. The van der Waals surface area contributed by atoms with E-state index in [0.29, 0.717) is 13.3 Å². The van der Waals surface area contributed by atoms with Gasteiger partial charge < -0.3 is 9.47 Å². The van der Waals surface area contributed by atoms with Crippen molar-refractivity contribution in [3.8, 4) is 0 Å². The number of nitrogens with zero attached hydrogens (tertiary/aromatic N) is 2. The standard InChI is InChI=1S/C15H23IN2O2Si/c1-19-10-14-13-6-5-12(16)9-15(13)18(17-14)11-20-7-8-21(2,3)4/h5-6,9H,7-8,10-11H2,1-4H3. The Balaban J connectivity index is 2.13. The SMILES string of the molecule is COCc1nn(COCC[Si](C)(C)C)c2cc(I)ccc12. The average Bonchev–Trinajstić information content (AvgIpc) is 2.72. The molecule has 0 N–H and O–H groups in total. The number of aromatic nitrogens is 2. The van der Waals surface area contributed by atoms with Crippen LogP contribution in [0.2, 0.25) is 25.7 Å². The fourth-order valence-corrected chi connectivity index (χ4v) is 3.32. The topological polar surface area (TPSA) is 36.3 Å². The van der Waals surface area contributed by atoms with Crippen molar-refractivity contribution in [3.05, 3.63) is 27.5 Å². The zero-order valence-corrected chi connectivity index (χ0v) is 16.3. The Morgan fingerprint density at radius 1 is 1.29 bits per heavy atom. The molecule has 0 unspecified atom stereocenters. The highest BCUT2D eigenvalue weighted by atomic mass is 127. The van der Waals surface area contributed by atoms with Crippen molar-refractivity contribution in [2.75, 3.05) is 13.7 Å². The molecule has 4 nitrogen and oxygen atoms in total. The molecule has 1 aromatic heterocycles. The van der Waals surface area contributed by atoms with E-state index in [1.807, 2.05) is 4.68 Å². The number of benzene rings is 1. The van der Waals surface area contributed by atoms with Gasteiger partial charge in [0.05, 0.1) is 17.8 Å². The summed E-state index contributed by atoms with van der Waals surface area (Å²) < 4.78 is 14.2. The Labute approximate surface area is 141 Å². The van der Waals surface area contributed by atoms with Crippen molar-refractivity contribution >= 4 is 41.6 Å². The molecule has 0 saturated carbocycles. The average molecular weight is 418 g/mol. The third-order valence-electron chi connectivity index (χ3n) is 3.28. The van der Waals surface area contributed by atoms with Gasteiger partial charge in [0.1, 0.15) is 6.73 Å². The first kappa shape index (κ1) is 16.9. The second-order valence-corrected chi connectivity index (χ2v) is 13.3. The van der Waals surface area contributed by atoms with E-state index in [1.165, 1.54) is 9.61 Å². The molecule has 0 atom stereocenters. The number of hydrogen-bond acceptors (Lipinski definition) is 3. The summed E-state index contributed by atoms with van der Waals surface area (Å²) in [6, 6.07) is 7.52. The third kappa shape index (κ3) is 4.77. The number of methoxy groups -OCH3 is 1. The largest absolute Gasteiger partial charge is 0.378 e. The van der Waals surface area contributed by atoms with Crippen LogP contribution in [-0.4, -0.2) is 31.6 Å². The summed E-state index contributed by atoms with van der Waals surface area (Å²) in [7, 11) is 0.655. The highest BCUT2D eigenvalue weighted by Crippen LogP contribution is 2.22. The van der Waals surface area contributed by atoms with Gasteiger partial charge in [-0.3, -0.25) is 0 Å². The van der Waals surface area contributed by atoms with Crippen molar-refractivity contribution < 1.29 is 9.47 Å². The number of hydrogen-bond donors (Lipinski definition) is 0. The lowest BCUT2D eigenvalue weighted by atomic mass is 10.2. The zero-order valence-electron chi connectivity index (χ0n) is 13.1. The molecule has 0 spiro atoms. The maximum Gasteiger partial charge on any atom is 0.140 e. The normalized spacial score (nSPS) is 12.2. The molecule has 21 heavy (non-hydrogen) atoms. The molecule has 2 aromatic rings. The Morgan fingerprint density at radius 2 is 2.05 bits per heavy atom. The zero-order chi connectivity index (χ0) is 15.5. The Morgan fingerprint density at radius 3 is 2.71 bits per heavy atom. The monoisotopic (exact) mass is 418 g/mol. The van der Waals surface area contributed by atoms with Gasteiger partial charge in [-0.25, -0.2) is 4.68 Å². The highest BCUT2D eigenvalue weighted by molar-refractivity contribution is 14.1. The van der Waals surface area contributed by atoms with Crippen molar-refractivity contribution in [3.63, 3.8) is 0 Å². The van der Waals surface area contributed by atoms with Gasteiger partial charge in [0, 0.05) is 30.7 Å².